The quantitative estimate of drug-likeness (QED) is 0.510. The number of rotatable bonds is 2. The van der Waals surface area contributed by atoms with E-state index in [0.29, 0.717) is 6.42 Å². The predicted octanol–water partition coefficient (Wildman–Crippen LogP) is 3.04. The number of nitriles is 1. The van der Waals surface area contributed by atoms with Gasteiger partial charge < -0.3 is 0 Å². The SMILES string of the molecule is Cc1ccc(C#CCCCC#N)cc1. The predicted molar refractivity (Wildman–Crippen MR) is 57.5 cm³/mol. The first-order chi connectivity index (χ1) is 6.83. The topological polar surface area (TPSA) is 23.8 Å². The smallest absolute Gasteiger partial charge is 0.0622 e. The summed E-state index contributed by atoms with van der Waals surface area (Å²) in [5.74, 6) is 6.13. The third-order valence-electron chi connectivity index (χ3n) is 1.87. The molecule has 0 aliphatic heterocycles. The van der Waals surface area contributed by atoms with Crippen LogP contribution in [0.2, 0.25) is 0 Å². The van der Waals surface area contributed by atoms with Crippen LogP contribution in [0.4, 0.5) is 0 Å². The van der Waals surface area contributed by atoms with Crippen LogP contribution in [0.1, 0.15) is 30.4 Å². The molecule has 0 N–H and O–H groups in total. The van der Waals surface area contributed by atoms with Gasteiger partial charge in [-0.05, 0) is 25.5 Å². The van der Waals surface area contributed by atoms with Gasteiger partial charge in [-0.2, -0.15) is 5.26 Å². The third kappa shape index (κ3) is 3.78. The Morgan fingerprint density at radius 3 is 2.50 bits per heavy atom. The van der Waals surface area contributed by atoms with Crippen molar-refractivity contribution in [2.24, 2.45) is 0 Å². The monoisotopic (exact) mass is 183 g/mol. The average molecular weight is 183 g/mol. The summed E-state index contributed by atoms with van der Waals surface area (Å²) in [5.41, 5.74) is 2.30. The van der Waals surface area contributed by atoms with Crippen LogP contribution in [0.5, 0.6) is 0 Å². The molecule has 0 aliphatic carbocycles. The first kappa shape index (κ1) is 10.4. The van der Waals surface area contributed by atoms with E-state index in [1.165, 1.54) is 5.56 Å². The Labute approximate surface area is 85.4 Å². The first-order valence-corrected chi connectivity index (χ1v) is 4.75. The second kappa shape index (κ2) is 5.84. The van der Waals surface area contributed by atoms with Gasteiger partial charge in [-0.15, -0.1) is 0 Å². The van der Waals surface area contributed by atoms with Gasteiger partial charge in [0.25, 0.3) is 0 Å². The summed E-state index contributed by atoms with van der Waals surface area (Å²) in [7, 11) is 0. The Morgan fingerprint density at radius 1 is 1.14 bits per heavy atom. The Balaban J connectivity index is 2.44. The largest absolute Gasteiger partial charge is 0.198 e. The lowest BCUT2D eigenvalue weighted by Gasteiger charge is -1.91. The summed E-state index contributed by atoms with van der Waals surface area (Å²) in [6.07, 6.45) is 2.28. The van der Waals surface area contributed by atoms with Crippen LogP contribution in [-0.4, -0.2) is 0 Å². The van der Waals surface area contributed by atoms with E-state index in [0.717, 1.165) is 18.4 Å². The summed E-state index contributed by atoms with van der Waals surface area (Å²) in [4.78, 5) is 0. The fraction of sp³-hybridized carbons (Fsp3) is 0.308. The van der Waals surface area contributed by atoms with E-state index in [-0.39, 0.29) is 0 Å². The molecule has 14 heavy (non-hydrogen) atoms. The molecule has 0 radical (unpaired) electrons. The number of unbranched alkanes of at least 4 members (excludes halogenated alkanes) is 2. The van der Waals surface area contributed by atoms with Crippen molar-refractivity contribution in [3.05, 3.63) is 35.4 Å². The Kier molecular flexibility index (Phi) is 4.32. The lowest BCUT2D eigenvalue weighted by atomic mass is 10.1. The molecule has 0 atom stereocenters. The molecule has 0 bridgehead atoms. The molecule has 70 valence electrons. The van der Waals surface area contributed by atoms with Crippen molar-refractivity contribution < 1.29 is 0 Å². The molecular weight excluding hydrogens is 170 g/mol. The standard InChI is InChI=1S/C13H13N/c1-12-7-9-13(10-8-12)6-4-2-3-5-11-14/h7-10H,2-3,5H2,1H3. The van der Waals surface area contributed by atoms with Crippen molar-refractivity contribution >= 4 is 0 Å². The zero-order chi connectivity index (χ0) is 10.2. The van der Waals surface area contributed by atoms with Crippen LogP contribution >= 0.6 is 0 Å². The lowest BCUT2D eigenvalue weighted by molar-refractivity contribution is 0.894. The molecule has 1 aromatic carbocycles. The van der Waals surface area contributed by atoms with E-state index in [2.05, 4.69) is 37.0 Å². The van der Waals surface area contributed by atoms with Gasteiger partial charge in [-0.3, -0.25) is 0 Å². The highest BCUT2D eigenvalue weighted by molar-refractivity contribution is 5.35. The van der Waals surface area contributed by atoms with E-state index in [1.807, 2.05) is 12.1 Å². The lowest BCUT2D eigenvalue weighted by Crippen LogP contribution is -1.75. The van der Waals surface area contributed by atoms with Crippen molar-refractivity contribution in [3.63, 3.8) is 0 Å². The molecule has 0 aromatic heterocycles. The number of nitrogens with zero attached hydrogens (tertiary/aromatic N) is 1. The molecule has 0 fully saturated rings. The number of aryl methyl sites for hydroxylation is 1. The van der Waals surface area contributed by atoms with Gasteiger partial charge in [0.1, 0.15) is 0 Å². The highest BCUT2D eigenvalue weighted by atomic mass is 14.2. The fourth-order valence-corrected chi connectivity index (χ4v) is 1.06. The van der Waals surface area contributed by atoms with Crippen LogP contribution in [0, 0.1) is 30.1 Å². The van der Waals surface area contributed by atoms with Gasteiger partial charge in [-0.25, -0.2) is 0 Å². The maximum absolute atomic E-state index is 8.31. The maximum atomic E-state index is 8.31. The van der Waals surface area contributed by atoms with Crippen molar-refractivity contribution in [2.45, 2.75) is 26.2 Å². The minimum Gasteiger partial charge on any atom is -0.198 e. The van der Waals surface area contributed by atoms with Crippen LogP contribution in [0.25, 0.3) is 0 Å². The van der Waals surface area contributed by atoms with Gasteiger partial charge in [0, 0.05) is 18.4 Å². The number of benzene rings is 1. The van der Waals surface area contributed by atoms with E-state index in [9.17, 15) is 0 Å². The summed E-state index contributed by atoms with van der Waals surface area (Å²) in [6.45, 7) is 2.06. The molecule has 1 rings (SSSR count). The highest BCUT2D eigenvalue weighted by Crippen LogP contribution is 2.01. The summed E-state index contributed by atoms with van der Waals surface area (Å²) >= 11 is 0. The second-order valence-electron chi connectivity index (χ2n) is 3.18. The fourth-order valence-electron chi connectivity index (χ4n) is 1.06. The average Bonchev–Trinajstić information content (AvgIpc) is 2.21. The van der Waals surface area contributed by atoms with Crippen molar-refractivity contribution in [1.29, 1.82) is 5.26 Å². The Bertz CT molecular complexity index is 370. The molecule has 0 unspecified atom stereocenters. The minimum absolute atomic E-state index is 0.600. The van der Waals surface area contributed by atoms with Crippen molar-refractivity contribution in [2.75, 3.05) is 0 Å². The van der Waals surface area contributed by atoms with Gasteiger partial charge in [-0.1, -0.05) is 29.5 Å². The minimum atomic E-state index is 0.600. The molecule has 1 nitrogen and oxygen atoms in total. The molecule has 0 amide bonds. The third-order valence-corrected chi connectivity index (χ3v) is 1.87. The molecule has 0 saturated carbocycles. The maximum Gasteiger partial charge on any atom is 0.0622 e. The van der Waals surface area contributed by atoms with Crippen LogP contribution in [-0.2, 0) is 0 Å². The van der Waals surface area contributed by atoms with Gasteiger partial charge in [0.2, 0.25) is 0 Å². The number of hydrogen-bond acceptors (Lipinski definition) is 1. The van der Waals surface area contributed by atoms with E-state index < -0.39 is 0 Å². The van der Waals surface area contributed by atoms with Crippen molar-refractivity contribution in [1.82, 2.24) is 0 Å². The molecule has 0 heterocycles. The van der Waals surface area contributed by atoms with Gasteiger partial charge in [0.15, 0.2) is 0 Å². The van der Waals surface area contributed by atoms with Crippen molar-refractivity contribution in [3.8, 4) is 17.9 Å². The Hall–Kier alpha value is -1.73. The highest BCUT2D eigenvalue weighted by Gasteiger charge is 1.85. The summed E-state index contributed by atoms with van der Waals surface area (Å²) in [6, 6.07) is 10.3. The summed E-state index contributed by atoms with van der Waals surface area (Å²) < 4.78 is 0. The molecular formula is C13H13N. The zero-order valence-electron chi connectivity index (χ0n) is 8.38. The van der Waals surface area contributed by atoms with E-state index in [1.54, 1.807) is 0 Å². The van der Waals surface area contributed by atoms with Gasteiger partial charge >= 0.3 is 0 Å². The number of hydrogen-bond donors (Lipinski definition) is 0. The summed E-state index contributed by atoms with van der Waals surface area (Å²) in [5, 5.41) is 8.31. The molecule has 1 aromatic rings. The molecule has 0 aliphatic rings. The first-order valence-electron chi connectivity index (χ1n) is 4.75. The second-order valence-corrected chi connectivity index (χ2v) is 3.18. The zero-order valence-corrected chi connectivity index (χ0v) is 8.38. The Morgan fingerprint density at radius 2 is 1.86 bits per heavy atom. The van der Waals surface area contributed by atoms with Gasteiger partial charge in [0.05, 0.1) is 6.07 Å². The van der Waals surface area contributed by atoms with Crippen LogP contribution < -0.4 is 0 Å². The normalized spacial score (nSPS) is 8.57. The van der Waals surface area contributed by atoms with Crippen LogP contribution in [0.3, 0.4) is 0 Å². The van der Waals surface area contributed by atoms with Crippen LogP contribution in [0.15, 0.2) is 24.3 Å². The van der Waals surface area contributed by atoms with E-state index in [4.69, 9.17) is 5.26 Å². The molecule has 0 spiro atoms. The molecule has 1 heteroatoms. The van der Waals surface area contributed by atoms with E-state index >= 15 is 0 Å². The molecule has 0 saturated heterocycles.